The zero-order valence-electron chi connectivity index (χ0n) is 8.76. The van der Waals surface area contributed by atoms with E-state index >= 15 is 0 Å². The van der Waals surface area contributed by atoms with Crippen LogP contribution in [0.2, 0.25) is 0 Å². The van der Waals surface area contributed by atoms with E-state index in [0.29, 0.717) is 24.7 Å². The molecular formula is C10H10BrN3O2S. The molecule has 7 heteroatoms. The molecule has 2 aromatic heterocycles. The van der Waals surface area contributed by atoms with Crippen LogP contribution in [0.4, 0.5) is 0 Å². The highest BCUT2D eigenvalue weighted by atomic mass is 79.9. The molecule has 0 amide bonds. The van der Waals surface area contributed by atoms with Crippen molar-refractivity contribution < 1.29 is 9.63 Å². The summed E-state index contributed by atoms with van der Waals surface area (Å²) in [6, 6.07) is 1.92. The van der Waals surface area contributed by atoms with Gasteiger partial charge in [-0.1, -0.05) is 5.16 Å². The molecule has 2 aromatic rings. The van der Waals surface area contributed by atoms with E-state index < -0.39 is 0 Å². The van der Waals surface area contributed by atoms with Crippen LogP contribution in [-0.4, -0.2) is 27.9 Å². The second-order valence-electron chi connectivity index (χ2n) is 3.94. The Morgan fingerprint density at radius 2 is 2.47 bits per heavy atom. The maximum Gasteiger partial charge on any atom is 0.244 e. The van der Waals surface area contributed by atoms with Gasteiger partial charge in [-0.3, -0.25) is 0 Å². The first-order valence-electron chi connectivity index (χ1n) is 5.22. The van der Waals surface area contributed by atoms with E-state index in [1.165, 1.54) is 0 Å². The lowest BCUT2D eigenvalue weighted by atomic mass is 10.2. The molecule has 0 aliphatic carbocycles. The zero-order chi connectivity index (χ0) is 11.8. The van der Waals surface area contributed by atoms with Gasteiger partial charge < -0.3 is 14.9 Å². The Morgan fingerprint density at radius 3 is 3.12 bits per heavy atom. The summed E-state index contributed by atoms with van der Waals surface area (Å²) in [6.45, 7) is 0.576. The molecule has 90 valence electrons. The predicted octanol–water partition coefficient (Wildman–Crippen LogP) is 1.96. The molecule has 2 N–H and O–H groups in total. The van der Waals surface area contributed by atoms with Gasteiger partial charge in [0.25, 0.3) is 0 Å². The molecule has 3 rings (SSSR count). The minimum Gasteiger partial charge on any atom is -0.392 e. The van der Waals surface area contributed by atoms with Gasteiger partial charge in [0.15, 0.2) is 0 Å². The maximum atomic E-state index is 9.43. The number of nitrogens with one attached hydrogen (secondary N) is 1. The number of aliphatic hydroxyl groups is 1. The van der Waals surface area contributed by atoms with Gasteiger partial charge in [0.1, 0.15) is 0 Å². The largest absolute Gasteiger partial charge is 0.392 e. The van der Waals surface area contributed by atoms with E-state index in [9.17, 15) is 5.11 Å². The Balaban J connectivity index is 1.83. The Hall–Kier alpha value is -0.760. The fourth-order valence-electron chi connectivity index (χ4n) is 1.81. The first kappa shape index (κ1) is 11.3. The van der Waals surface area contributed by atoms with Gasteiger partial charge in [-0.25, -0.2) is 0 Å². The molecule has 0 bridgehead atoms. The average molecular weight is 316 g/mol. The molecule has 5 nitrogen and oxygen atoms in total. The van der Waals surface area contributed by atoms with Crippen LogP contribution < -0.4 is 5.32 Å². The molecule has 0 radical (unpaired) electrons. The van der Waals surface area contributed by atoms with Crippen LogP contribution in [-0.2, 0) is 0 Å². The second-order valence-corrected chi connectivity index (χ2v) is 5.76. The number of nitrogens with zero attached hydrogens (tertiary/aromatic N) is 2. The normalized spacial score (nSPS) is 24.4. The monoisotopic (exact) mass is 315 g/mol. The number of rotatable bonds is 2. The van der Waals surface area contributed by atoms with Gasteiger partial charge in [0.05, 0.1) is 17.0 Å². The minimum absolute atomic E-state index is 0.0327. The van der Waals surface area contributed by atoms with Crippen LogP contribution in [0.15, 0.2) is 20.4 Å². The first-order valence-corrected chi connectivity index (χ1v) is 6.89. The summed E-state index contributed by atoms with van der Waals surface area (Å²) in [6.07, 6.45) is 0.293. The summed E-state index contributed by atoms with van der Waals surface area (Å²) in [5.41, 5.74) is 0. The lowest BCUT2D eigenvalue weighted by Gasteiger charge is -2.01. The smallest absolute Gasteiger partial charge is 0.244 e. The fraction of sp³-hybridized carbons (Fsp3) is 0.400. The lowest BCUT2D eigenvalue weighted by molar-refractivity contribution is 0.191. The molecule has 3 heterocycles. The van der Waals surface area contributed by atoms with Crippen molar-refractivity contribution in [3.05, 3.63) is 21.8 Å². The van der Waals surface area contributed by atoms with Crippen molar-refractivity contribution >= 4 is 27.3 Å². The highest BCUT2D eigenvalue weighted by Gasteiger charge is 2.28. The third-order valence-corrected chi connectivity index (χ3v) is 4.32. The number of hydrogen-bond donors (Lipinski definition) is 2. The van der Waals surface area contributed by atoms with Crippen molar-refractivity contribution in [1.29, 1.82) is 0 Å². The van der Waals surface area contributed by atoms with Gasteiger partial charge in [0, 0.05) is 16.4 Å². The van der Waals surface area contributed by atoms with Gasteiger partial charge in [0.2, 0.25) is 11.7 Å². The molecular weight excluding hydrogens is 306 g/mol. The van der Waals surface area contributed by atoms with Gasteiger partial charge >= 0.3 is 0 Å². The van der Waals surface area contributed by atoms with E-state index in [-0.39, 0.29) is 12.1 Å². The summed E-state index contributed by atoms with van der Waals surface area (Å²) in [5, 5.41) is 18.5. The quantitative estimate of drug-likeness (QED) is 0.886. The average Bonchev–Trinajstić information content (AvgIpc) is 2.96. The molecule has 2 unspecified atom stereocenters. The highest BCUT2D eigenvalue weighted by Crippen LogP contribution is 2.29. The SMILES string of the molecule is OC1CNC(c2nc(-c3cc(Br)cs3)no2)C1. The maximum absolute atomic E-state index is 9.43. The van der Waals surface area contributed by atoms with Crippen LogP contribution in [0, 0.1) is 0 Å². The van der Waals surface area contributed by atoms with Crippen LogP contribution in [0.25, 0.3) is 10.7 Å². The van der Waals surface area contributed by atoms with E-state index in [0.717, 1.165) is 9.35 Å². The van der Waals surface area contributed by atoms with Gasteiger partial charge in [-0.15, -0.1) is 11.3 Å². The number of aromatic nitrogens is 2. The molecule has 0 spiro atoms. The van der Waals surface area contributed by atoms with Crippen molar-refractivity contribution in [3.63, 3.8) is 0 Å². The molecule has 0 aromatic carbocycles. The van der Waals surface area contributed by atoms with Gasteiger partial charge in [-0.05, 0) is 28.4 Å². The number of hydrogen-bond acceptors (Lipinski definition) is 6. The van der Waals surface area contributed by atoms with Crippen molar-refractivity contribution in [1.82, 2.24) is 15.5 Å². The Bertz CT molecular complexity index is 527. The van der Waals surface area contributed by atoms with Gasteiger partial charge in [-0.2, -0.15) is 4.98 Å². The Morgan fingerprint density at radius 1 is 1.59 bits per heavy atom. The first-order chi connectivity index (χ1) is 8.22. The van der Waals surface area contributed by atoms with Crippen LogP contribution in [0.5, 0.6) is 0 Å². The standard InChI is InChI=1S/C10H10BrN3O2S/c11-5-1-8(17-4-5)9-13-10(16-14-9)7-2-6(15)3-12-7/h1,4,6-7,12,15H,2-3H2. The minimum atomic E-state index is -0.328. The molecule has 1 aliphatic rings. The number of thiophene rings is 1. The Kier molecular flexibility index (Phi) is 2.99. The molecule has 1 aliphatic heterocycles. The van der Waals surface area contributed by atoms with Crippen molar-refractivity contribution in [2.24, 2.45) is 0 Å². The van der Waals surface area contributed by atoms with E-state index in [2.05, 4.69) is 31.4 Å². The zero-order valence-corrected chi connectivity index (χ0v) is 11.2. The summed E-state index contributed by atoms with van der Waals surface area (Å²) in [7, 11) is 0. The third-order valence-electron chi connectivity index (χ3n) is 2.64. The molecule has 1 fully saturated rings. The summed E-state index contributed by atoms with van der Waals surface area (Å²) < 4.78 is 6.23. The number of β-amino-alcohol motifs (C(OH)–C–C–N with tert-alkyl or cyclic N) is 1. The third kappa shape index (κ3) is 2.28. The van der Waals surface area contributed by atoms with Crippen molar-refractivity contribution in [2.45, 2.75) is 18.6 Å². The Labute approximate surface area is 110 Å². The highest BCUT2D eigenvalue weighted by molar-refractivity contribution is 9.10. The summed E-state index contributed by atoms with van der Waals surface area (Å²) in [5.74, 6) is 1.14. The summed E-state index contributed by atoms with van der Waals surface area (Å²) in [4.78, 5) is 5.31. The molecule has 0 saturated carbocycles. The lowest BCUT2D eigenvalue weighted by Crippen LogP contribution is -2.15. The molecule has 2 atom stereocenters. The van der Waals surface area contributed by atoms with Crippen LogP contribution >= 0.6 is 27.3 Å². The fourth-order valence-corrected chi connectivity index (χ4v) is 3.16. The van der Waals surface area contributed by atoms with Crippen LogP contribution in [0.1, 0.15) is 18.4 Å². The predicted molar refractivity (Wildman–Crippen MR) is 66.7 cm³/mol. The molecule has 1 saturated heterocycles. The van der Waals surface area contributed by atoms with Crippen molar-refractivity contribution in [2.75, 3.05) is 6.54 Å². The van der Waals surface area contributed by atoms with E-state index in [1.807, 2.05) is 11.4 Å². The molecule has 17 heavy (non-hydrogen) atoms. The van der Waals surface area contributed by atoms with Crippen LogP contribution in [0.3, 0.4) is 0 Å². The summed E-state index contributed by atoms with van der Waals surface area (Å²) >= 11 is 4.95. The van der Waals surface area contributed by atoms with E-state index in [1.54, 1.807) is 11.3 Å². The second kappa shape index (κ2) is 4.49. The van der Waals surface area contributed by atoms with Crippen molar-refractivity contribution in [3.8, 4) is 10.7 Å². The number of halogens is 1. The van der Waals surface area contributed by atoms with E-state index in [4.69, 9.17) is 4.52 Å². The number of aliphatic hydroxyl groups excluding tert-OH is 1. The topological polar surface area (TPSA) is 71.2 Å².